The number of nitrogen functional groups attached to an aromatic ring is 1. The number of aromatic amines is 2. The van der Waals surface area contributed by atoms with Crippen LogP contribution in [0.25, 0.3) is 0 Å². The SMILES string of the molecule is Nc1[nH]c(=O)[nH]c(=O)c1C(F)(F)F. The van der Waals surface area contributed by atoms with Crippen molar-refractivity contribution in [2.24, 2.45) is 0 Å². The number of rotatable bonds is 0. The number of alkyl halides is 3. The first-order valence-corrected chi connectivity index (χ1v) is 3.01. The molecule has 1 aromatic rings. The number of hydrogen-bond donors (Lipinski definition) is 3. The summed E-state index contributed by atoms with van der Waals surface area (Å²) in [7, 11) is 0. The molecule has 0 radical (unpaired) electrons. The van der Waals surface area contributed by atoms with Gasteiger partial charge in [0, 0.05) is 0 Å². The van der Waals surface area contributed by atoms with Gasteiger partial charge in [-0.25, -0.2) is 4.79 Å². The Kier molecular flexibility index (Phi) is 1.90. The highest BCUT2D eigenvalue weighted by molar-refractivity contribution is 5.38. The summed E-state index contributed by atoms with van der Waals surface area (Å²) in [4.78, 5) is 24.1. The first-order valence-electron chi connectivity index (χ1n) is 3.01. The van der Waals surface area contributed by atoms with Crippen molar-refractivity contribution in [1.29, 1.82) is 0 Å². The molecule has 4 N–H and O–H groups in total. The number of halogens is 3. The largest absolute Gasteiger partial charge is 0.425 e. The van der Waals surface area contributed by atoms with Gasteiger partial charge in [-0.3, -0.25) is 14.8 Å². The molecular formula is C5H4F3N3O2. The van der Waals surface area contributed by atoms with E-state index in [-0.39, 0.29) is 0 Å². The third kappa shape index (κ3) is 1.71. The maximum Gasteiger partial charge on any atom is 0.425 e. The Morgan fingerprint density at radius 1 is 1.15 bits per heavy atom. The molecule has 0 aliphatic heterocycles. The smallest absolute Gasteiger partial charge is 0.384 e. The molecule has 0 bridgehead atoms. The third-order valence-electron chi connectivity index (χ3n) is 1.26. The zero-order chi connectivity index (χ0) is 10.2. The minimum absolute atomic E-state index is 0.985. The molecule has 0 fully saturated rings. The fraction of sp³-hybridized carbons (Fsp3) is 0.200. The molecule has 0 saturated heterocycles. The quantitative estimate of drug-likeness (QED) is 0.529. The number of aromatic nitrogens is 2. The van der Waals surface area contributed by atoms with Crippen molar-refractivity contribution in [3.63, 3.8) is 0 Å². The molecule has 1 aromatic heterocycles. The molecule has 5 nitrogen and oxygen atoms in total. The summed E-state index contributed by atoms with van der Waals surface area (Å²) in [6, 6.07) is 0. The molecule has 0 amide bonds. The van der Waals surface area contributed by atoms with Crippen molar-refractivity contribution < 1.29 is 13.2 Å². The lowest BCUT2D eigenvalue weighted by Crippen LogP contribution is -2.31. The highest BCUT2D eigenvalue weighted by atomic mass is 19.4. The van der Waals surface area contributed by atoms with Crippen molar-refractivity contribution in [2.45, 2.75) is 6.18 Å². The fourth-order valence-electron chi connectivity index (χ4n) is 0.785. The molecule has 0 atom stereocenters. The first kappa shape index (κ1) is 9.36. The summed E-state index contributed by atoms with van der Waals surface area (Å²) in [5.74, 6) is -0.985. The Bertz CT molecular complexity index is 430. The topological polar surface area (TPSA) is 91.7 Å². The predicted molar refractivity (Wildman–Crippen MR) is 37.1 cm³/mol. The normalized spacial score (nSPS) is 11.6. The lowest BCUT2D eigenvalue weighted by atomic mass is 10.3. The van der Waals surface area contributed by atoms with Gasteiger partial charge in [-0.1, -0.05) is 0 Å². The van der Waals surface area contributed by atoms with E-state index in [1.165, 1.54) is 4.98 Å². The molecule has 0 spiro atoms. The van der Waals surface area contributed by atoms with E-state index in [9.17, 15) is 22.8 Å². The van der Waals surface area contributed by atoms with E-state index in [0.717, 1.165) is 0 Å². The van der Waals surface area contributed by atoms with Crippen LogP contribution in [0, 0.1) is 0 Å². The van der Waals surface area contributed by atoms with Crippen LogP contribution in [0.15, 0.2) is 9.59 Å². The summed E-state index contributed by atoms with van der Waals surface area (Å²) < 4.78 is 36.1. The Balaban J connectivity index is 3.57. The van der Waals surface area contributed by atoms with Crippen molar-refractivity contribution in [2.75, 3.05) is 5.73 Å². The van der Waals surface area contributed by atoms with Crippen LogP contribution in [-0.4, -0.2) is 9.97 Å². The number of hydrogen-bond acceptors (Lipinski definition) is 3. The highest BCUT2D eigenvalue weighted by Gasteiger charge is 2.37. The molecule has 0 unspecified atom stereocenters. The summed E-state index contributed by atoms with van der Waals surface area (Å²) in [6.45, 7) is 0. The minimum Gasteiger partial charge on any atom is -0.384 e. The Morgan fingerprint density at radius 2 is 1.69 bits per heavy atom. The van der Waals surface area contributed by atoms with E-state index < -0.39 is 28.8 Å². The van der Waals surface area contributed by atoms with Crippen molar-refractivity contribution in [1.82, 2.24) is 9.97 Å². The molecule has 1 rings (SSSR count). The van der Waals surface area contributed by atoms with Gasteiger partial charge in [0.25, 0.3) is 5.56 Å². The van der Waals surface area contributed by atoms with Crippen molar-refractivity contribution in [3.05, 3.63) is 26.4 Å². The lowest BCUT2D eigenvalue weighted by molar-refractivity contribution is -0.138. The van der Waals surface area contributed by atoms with Gasteiger partial charge in [0.15, 0.2) is 5.56 Å². The molecule has 1 heterocycles. The Hall–Kier alpha value is -1.73. The van der Waals surface area contributed by atoms with Crippen LogP contribution >= 0.6 is 0 Å². The molecular weight excluding hydrogens is 191 g/mol. The van der Waals surface area contributed by atoms with Crippen LogP contribution in [-0.2, 0) is 6.18 Å². The van der Waals surface area contributed by atoms with E-state index in [2.05, 4.69) is 0 Å². The average Bonchev–Trinajstić information content (AvgIpc) is 1.78. The van der Waals surface area contributed by atoms with Crippen LogP contribution in [0.5, 0.6) is 0 Å². The molecule has 0 aliphatic carbocycles. The molecule has 72 valence electrons. The van der Waals surface area contributed by atoms with Crippen LogP contribution in [0.2, 0.25) is 0 Å². The first-order chi connectivity index (χ1) is 5.82. The second-order valence-electron chi connectivity index (χ2n) is 2.19. The molecule has 13 heavy (non-hydrogen) atoms. The van der Waals surface area contributed by atoms with Crippen molar-refractivity contribution in [3.8, 4) is 0 Å². The maximum atomic E-state index is 12.0. The summed E-state index contributed by atoms with van der Waals surface area (Å²) in [6.07, 6.45) is -4.87. The molecule has 0 aliphatic rings. The van der Waals surface area contributed by atoms with E-state index in [0.29, 0.717) is 0 Å². The minimum atomic E-state index is -4.87. The van der Waals surface area contributed by atoms with E-state index >= 15 is 0 Å². The Labute approximate surface area is 68.4 Å². The van der Waals surface area contributed by atoms with E-state index in [4.69, 9.17) is 5.73 Å². The zero-order valence-corrected chi connectivity index (χ0v) is 6.03. The van der Waals surface area contributed by atoms with Gasteiger partial charge < -0.3 is 5.73 Å². The number of nitrogens with two attached hydrogens (primary N) is 1. The van der Waals surface area contributed by atoms with Crippen LogP contribution in [0.3, 0.4) is 0 Å². The van der Waals surface area contributed by atoms with Gasteiger partial charge in [0.05, 0.1) is 0 Å². The number of anilines is 1. The molecule has 8 heteroatoms. The summed E-state index contributed by atoms with van der Waals surface area (Å²) >= 11 is 0. The molecule has 0 saturated carbocycles. The zero-order valence-electron chi connectivity index (χ0n) is 6.03. The number of H-pyrrole nitrogens is 2. The fourth-order valence-corrected chi connectivity index (χ4v) is 0.785. The van der Waals surface area contributed by atoms with Gasteiger partial charge in [0.1, 0.15) is 5.82 Å². The summed E-state index contributed by atoms with van der Waals surface area (Å²) in [5.41, 5.74) is 0.601. The maximum absolute atomic E-state index is 12.0. The van der Waals surface area contributed by atoms with Crippen LogP contribution in [0.1, 0.15) is 5.56 Å². The van der Waals surface area contributed by atoms with Crippen molar-refractivity contribution >= 4 is 5.82 Å². The summed E-state index contributed by atoms with van der Waals surface area (Å²) in [5, 5.41) is 0. The van der Waals surface area contributed by atoms with E-state index in [1.54, 1.807) is 4.98 Å². The van der Waals surface area contributed by atoms with Crippen LogP contribution in [0.4, 0.5) is 19.0 Å². The van der Waals surface area contributed by atoms with E-state index in [1.807, 2.05) is 0 Å². The van der Waals surface area contributed by atoms with Gasteiger partial charge in [-0.2, -0.15) is 13.2 Å². The monoisotopic (exact) mass is 195 g/mol. The average molecular weight is 195 g/mol. The van der Waals surface area contributed by atoms with Gasteiger partial charge >= 0.3 is 11.9 Å². The Morgan fingerprint density at radius 3 is 2.08 bits per heavy atom. The van der Waals surface area contributed by atoms with Crippen LogP contribution < -0.4 is 17.0 Å². The predicted octanol–water partition coefficient (Wildman–Crippen LogP) is -0.336. The standard InChI is InChI=1S/C5H4F3N3O2/c6-5(7,8)1-2(9)10-4(13)11-3(1)12/h(H4,9,10,11,12,13). The lowest BCUT2D eigenvalue weighted by Gasteiger charge is -2.06. The highest BCUT2D eigenvalue weighted by Crippen LogP contribution is 2.28. The van der Waals surface area contributed by atoms with Gasteiger partial charge in [0.2, 0.25) is 0 Å². The number of nitrogens with one attached hydrogen (secondary N) is 2. The second kappa shape index (κ2) is 2.64. The van der Waals surface area contributed by atoms with Gasteiger partial charge in [-0.05, 0) is 0 Å². The third-order valence-corrected chi connectivity index (χ3v) is 1.26. The van der Waals surface area contributed by atoms with Gasteiger partial charge in [-0.15, -0.1) is 0 Å². The second-order valence-corrected chi connectivity index (χ2v) is 2.19. The molecule has 0 aromatic carbocycles.